The van der Waals surface area contributed by atoms with Crippen molar-refractivity contribution >= 4 is 12.0 Å². The van der Waals surface area contributed by atoms with Crippen LogP contribution in [0.5, 0.6) is 0 Å². The molecule has 1 aliphatic heterocycles. The molecular weight excluding hydrogens is 258 g/mol. The van der Waals surface area contributed by atoms with Crippen molar-refractivity contribution in [1.82, 2.24) is 10.2 Å². The van der Waals surface area contributed by atoms with Crippen LogP contribution in [0, 0.1) is 5.92 Å². The van der Waals surface area contributed by atoms with Crippen molar-refractivity contribution in [2.75, 3.05) is 19.6 Å². The van der Waals surface area contributed by atoms with Gasteiger partial charge in [0.15, 0.2) is 0 Å². The van der Waals surface area contributed by atoms with E-state index in [1.54, 1.807) is 11.8 Å². The molecule has 0 radical (unpaired) electrons. The molecule has 6 nitrogen and oxygen atoms in total. The third kappa shape index (κ3) is 5.77. The lowest BCUT2D eigenvalue weighted by Crippen LogP contribution is -2.47. The fraction of sp³-hybridized carbons (Fsp3) is 0.857. The number of piperidine rings is 1. The lowest BCUT2D eigenvalue weighted by atomic mass is 9.98. The second-order valence-corrected chi connectivity index (χ2v) is 6.47. The van der Waals surface area contributed by atoms with E-state index >= 15 is 0 Å². The predicted octanol–water partition coefficient (Wildman–Crippen LogP) is 1.10. The SMILES string of the molecule is C[C@H](N)C(=O)NC[C@@H]1CCCN(C(=O)OC(C)(C)C)C1. The monoisotopic (exact) mass is 285 g/mol. The van der Waals surface area contributed by atoms with Crippen LogP contribution >= 0.6 is 0 Å². The molecule has 3 N–H and O–H groups in total. The lowest BCUT2D eigenvalue weighted by molar-refractivity contribution is -0.122. The summed E-state index contributed by atoms with van der Waals surface area (Å²) in [6, 6.07) is -0.499. The number of nitrogens with zero attached hydrogens (tertiary/aromatic N) is 1. The van der Waals surface area contributed by atoms with Crippen LogP contribution in [0.15, 0.2) is 0 Å². The highest BCUT2D eigenvalue weighted by molar-refractivity contribution is 5.80. The van der Waals surface area contributed by atoms with Crippen LogP contribution in [0.3, 0.4) is 0 Å². The third-order valence-corrected chi connectivity index (χ3v) is 3.15. The maximum absolute atomic E-state index is 12.0. The number of nitrogens with two attached hydrogens (primary N) is 1. The molecule has 0 aromatic heterocycles. The number of carbonyl (C=O) groups excluding carboxylic acids is 2. The number of likely N-dealkylation sites (tertiary alicyclic amines) is 1. The van der Waals surface area contributed by atoms with Crippen LogP contribution in [0.25, 0.3) is 0 Å². The minimum absolute atomic E-state index is 0.153. The molecular formula is C14H27N3O3. The van der Waals surface area contributed by atoms with Gasteiger partial charge in [-0.3, -0.25) is 4.79 Å². The summed E-state index contributed by atoms with van der Waals surface area (Å²) < 4.78 is 5.37. The molecule has 6 heteroatoms. The fourth-order valence-corrected chi connectivity index (χ4v) is 2.13. The Morgan fingerprint density at radius 2 is 2.10 bits per heavy atom. The van der Waals surface area contributed by atoms with Gasteiger partial charge in [-0.05, 0) is 46.5 Å². The lowest BCUT2D eigenvalue weighted by Gasteiger charge is -2.34. The molecule has 2 atom stereocenters. The van der Waals surface area contributed by atoms with Gasteiger partial charge in [0.25, 0.3) is 0 Å². The van der Waals surface area contributed by atoms with Crippen LogP contribution in [0.1, 0.15) is 40.5 Å². The number of amides is 2. The molecule has 1 rings (SSSR count). The molecule has 0 unspecified atom stereocenters. The van der Waals surface area contributed by atoms with Gasteiger partial charge in [-0.25, -0.2) is 4.79 Å². The molecule has 0 aliphatic carbocycles. The van der Waals surface area contributed by atoms with Crippen molar-refractivity contribution < 1.29 is 14.3 Å². The first-order chi connectivity index (χ1) is 9.19. The summed E-state index contributed by atoms with van der Waals surface area (Å²) in [6.07, 6.45) is 1.65. The quantitative estimate of drug-likeness (QED) is 0.813. The summed E-state index contributed by atoms with van der Waals surface area (Å²) in [7, 11) is 0. The van der Waals surface area contributed by atoms with Crippen molar-refractivity contribution in [2.24, 2.45) is 11.7 Å². The van der Waals surface area contributed by atoms with Crippen molar-refractivity contribution in [3.05, 3.63) is 0 Å². The highest BCUT2D eigenvalue weighted by atomic mass is 16.6. The van der Waals surface area contributed by atoms with E-state index in [1.165, 1.54) is 0 Å². The summed E-state index contributed by atoms with van der Waals surface area (Å²) in [4.78, 5) is 25.2. The Balaban J connectivity index is 2.42. The largest absolute Gasteiger partial charge is 0.444 e. The molecule has 0 spiro atoms. The Kier molecular flexibility index (Phi) is 5.80. The Hall–Kier alpha value is -1.30. The normalized spacial score (nSPS) is 21.2. The molecule has 2 amide bonds. The van der Waals surface area contributed by atoms with Gasteiger partial charge in [-0.15, -0.1) is 0 Å². The number of ether oxygens (including phenoxy) is 1. The van der Waals surface area contributed by atoms with E-state index in [0.717, 1.165) is 12.8 Å². The summed E-state index contributed by atoms with van der Waals surface area (Å²) >= 11 is 0. The summed E-state index contributed by atoms with van der Waals surface area (Å²) in [5.74, 6) is 0.110. The first-order valence-electron chi connectivity index (χ1n) is 7.20. The van der Waals surface area contributed by atoms with Crippen molar-refractivity contribution in [3.63, 3.8) is 0 Å². The average Bonchev–Trinajstić information content (AvgIpc) is 2.34. The van der Waals surface area contributed by atoms with Crippen LogP contribution in [-0.2, 0) is 9.53 Å². The van der Waals surface area contributed by atoms with E-state index in [0.29, 0.717) is 19.6 Å². The molecule has 1 heterocycles. The van der Waals surface area contributed by atoms with E-state index in [2.05, 4.69) is 5.32 Å². The third-order valence-electron chi connectivity index (χ3n) is 3.15. The van der Waals surface area contributed by atoms with Gasteiger partial charge >= 0.3 is 6.09 Å². The highest BCUT2D eigenvalue weighted by Crippen LogP contribution is 2.18. The standard InChI is InChI=1S/C14H27N3O3/c1-10(15)12(18)16-8-11-6-5-7-17(9-11)13(19)20-14(2,3)4/h10-11H,5-9,15H2,1-4H3,(H,16,18)/t10-,11-/m0/s1. The minimum atomic E-state index is -0.499. The van der Waals surface area contributed by atoms with E-state index in [-0.39, 0.29) is 17.9 Å². The smallest absolute Gasteiger partial charge is 0.410 e. The predicted molar refractivity (Wildman–Crippen MR) is 77.2 cm³/mol. The zero-order valence-electron chi connectivity index (χ0n) is 12.9. The van der Waals surface area contributed by atoms with Gasteiger partial charge in [-0.2, -0.15) is 0 Å². The Morgan fingerprint density at radius 1 is 1.45 bits per heavy atom. The van der Waals surface area contributed by atoms with Gasteiger partial charge < -0.3 is 20.7 Å². The van der Waals surface area contributed by atoms with Gasteiger partial charge in [0, 0.05) is 19.6 Å². The maximum atomic E-state index is 12.0. The Labute approximate surface area is 121 Å². The number of hydrogen-bond acceptors (Lipinski definition) is 4. The summed E-state index contributed by atoms with van der Waals surface area (Å²) in [6.45, 7) is 9.11. The van der Waals surface area contributed by atoms with E-state index in [9.17, 15) is 9.59 Å². The number of hydrogen-bond donors (Lipinski definition) is 2. The second kappa shape index (κ2) is 6.92. The van der Waals surface area contributed by atoms with Crippen molar-refractivity contribution in [3.8, 4) is 0 Å². The van der Waals surface area contributed by atoms with Gasteiger partial charge in [0.1, 0.15) is 5.60 Å². The van der Waals surface area contributed by atoms with Crippen LogP contribution in [-0.4, -0.2) is 48.2 Å². The Morgan fingerprint density at radius 3 is 2.65 bits per heavy atom. The molecule has 0 saturated carbocycles. The van der Waals surface area contributed by atoms with Crippen LogP contribution in [0.4, 0.5) is 4.79 Å². The molecule has 116 valence electrons. The van der Waals surface area contributed by atoms with E-state index in [4.69, 9.17) is 10.5 Å². The van der Waals surface area contributed by atoms with Crippen molar-refractivity contribution in [1.29, 1.82) is 0 Å². The molecule has 0 aromatic carbocycles. The number of rotatable bonds is 3. The molecule has 1 aliphatic rings. The molecule has 1 saturated heterocycles. The molecule has 20 heavy (non-hydrogen) atoms. The minimum Gasteiger partial charge on any atom is -0.444 e. The molecule has 1 fully saturated rings. The van der Waals surface area contributed by atoms with Crippen molar-refractivity contribution in [2.45, 2.75) is 52.2 Å². The van der Waals surface area contributed by atoms with Crippen LogP contribution < -0.4 is 11.1 Å². The molecule has 0 aromatic rings. The van der Waals surface area contributed by atoms with E-state index < -0.39 is 11.6 Å². The fourth-order valence-electron chi connectivity index (χ4n) is 2.13. The topological polar surface area (TPSA) is 84.7 Å². The van der Waals surface area contributed by atoms with Gasteiger partial charge in [0.2, 0.25) is 5.91 Å². The van der Waals surface area contributed by atoms with Gasteiger partial charge in [-0.1, -0.05) is 0 Å². The highest BCUT2D eigenvalue weighted by Gasteiger charge is 2.27. The van der Waals surface area contributed by atoms with Crippen LogP contribution in [0.2, 0.25) is 0 Å². The molecule has 0 bridgehead atoms. The maximum Gasteiger partial charge on any atom is 0.410 e. The second-order valence-electron chi connectivity index (χ2n) is 6.47. The first kappa shape index (κ1) is 16.8. The van der Waals surface area contributed by atoms with E-state index in [1.807, 2.05) is 20.8 Å². The zero-order chi connectivity index (χ0) is 15.3. The summed E-state index contributed by atoms with van der Waals surface area (Å²) in [5.41, 5.74) is 5.02. The number of nitrogens with one attached hydrogen (secondary N) is 1. The average molecular weight is 285 g/mol. The first-order valence-corrected chi connectivity index (χ1v) is 7.20. The van der Waals surface area contributed by atoms with Gasteiger partial charge in [0.05, 0.1) is 6.04 Å². The Bertz CT molecular complexity index is 350. The number of carbonyl (C=O) groups is 2. The summed E-state index contributed by atoms with van der Waals surface area (Å²) in [5, 5.41) is 2.82. The zero-order valence-corrected chi connectivity index (χ0v) is 12.9.